The summed E-state index contributed by atoms with van der Waals surface area (Å²) >= 11 is 0. The highest BCUT2D eigenvalue weighted by Crippen LogP contribution is 1.94. The number of nitrogens with one attached hydrogen (secondary N) is 2. The van der Waals surface area contributed by atoms with E-state index < -0.39 is 18.4 Å². The number of carbonyl (C=O) groups is 3. The quantitative estimate of drug-likeness (QED) is 0.572. The first kappa shape index (κ1) is 16.2. The van der Waals surface area contributed by atoms with Crippen molar-refractivity contribution < 1.29 is 19.5 Å². The van der Waals surface area contributed by atoms with Crippen LogP contribution in [0.2, 0.25) is 0 Å². The fourth-order valence-corrected chi connectivity index (χ4v) is 1.26. The largest absolute Gasteiger partial charge is 0.480 e. The molecule has 0 aromatic heterocycles. The van der Waals surface area contributed by atoms with E-state index in [1.807, 2.05) is 13.8 Å². The average molecular weight is 259 g/mol. The second kappa shape index (κ2) is 9.26. The summed E-state index contributed by atoms with van der Waals surface area (Å²) < 4.78 is 0. The summed E-state index contributed by atoms with van der Waals surface area (Å²) in [7, 11) is 0. The number of hydrogen-bond donors (Lipinski definition) is 3. The molecule has 3 amide bonds. The number of amides is 3. The second-order valence-corrected chi connectivity index (χ2v) is 3.76. The molecule has 7 heteroatoms. The number of unbranched alkanes of at least 4 members (excludes halogenated alkanes) is 1. The monoisotopic (exact) mass is 259 g/mol. The first-order chi connectivity index (χ1) is 8.51. The van der Waals surface area contributed by atoms with Gasteiger partial charge in [0.05, 0.1) is 6.54 Å². The summed E-state index contributed by atoms with van der Waals surface area (Å²) in [6.07, 6.45) is 1.90. The van der Waals surface area contributed by atoms with Crippen molar-refractivity contribution in [2.75, 3.05) is 26.2 Å². The molecule has 0 unspecified atom stereocenters. The third kappa shape index (κ3) is 7.48. The van der Waals surface area contributed by atoms with E-state index in [1.165, 1.54) is 0 Å². The van der Waals surface area contributed by atoms with Gasteiger partial charge in [0.1, 0.15) is 6.54 Å². The Morgan fingerprint density at radius 1 is 1.11 bits per heavy atom. The lowest BCUT2D eigenvalue weighted by Gasteiger charge is -2.20. The number of nitrogens with zero attached hydrogens (tertiary/aromatic N) is 1. The third-order valence-corrected chi connectivity index (χ3v) is 2.29. The second-order valence-electron chi connectivity index (χ2n) is 3.76. The smallest absolute Gasteiger partial charge is 0.322 e. The van der Waals surface area contributed by atoms with Crippen LogP contribution in [0.5, 0.6) is 0 Å². The molecule has 0 heterocycles. The van der Waals surface area contributed by atoms with Gasteiger partial charge < -0.3 is 20.6 Å². The minimum Gasteiger partial charge on any atom is -0.480 e. The zero-order valence-corrected chi connectivity index (χ0v) is 10.9. The van der Waals surface area contributed by atoms with Gasteiger partial charge in [0.2, 0.25) is 5.91 Å². The molecule has 0 spiro atoms. The van der Waals surface area contributed by atoms with Gasteiger partial charge in [0.25, 0.3) is 0 Å². The van der Waals surface area contributed by atoms with Gasteiger partial charge in [-0.05, 0) is 13.3 Å². The fraction of sp³-hybridized carbons (Fsp3) is 0.727. The van der Waals surface area contributed by atoms with Crippen molar-refractivity contribution >= 4 is 17.9 Å². The highest BCUT2D eigenvalue weighted by molar-refractivity contribution is 5.86. The fourth-order valence-electron chi connectivity index (χ4n) is 1.26. The number of hydrogen-bond acceptors (Lipinski definition) is 3. The Bertz CT molecular complexity index is 294. The lowest BCUT2D eigenvalue weighted by Crippen LogP contribution is -2.45. The van der Waals surface area contributed by atoms with Crippen molar-refractivity contribution in [3.8, 4) is 0 Å². The van der Waals surface area contributed by atoms with Gasteiger partial charge in [-0.3, -0.25) is 9.59 Å². The van der Waals surface area contributed by atoms with E-state index in [0.717, 1.165) is 12.8 Å². The molecular formula is C11H21N3O4. The van der Waals surface area contributed by atoms with Crippen LogP contribution < -0.4 is 10.6 Å². The SMILES string of the molecule is CCCCN(CC)C(=O)NCC(=O)NCC(=O)O. The molecule has 0 bridgehead atoms. The molecule has 0 saturated heterocycles. The number of rotatable bonds is 8. The minimum atomic E-state index is -1.12. The summed E-state index contributed by atoms with van der Waals surface area (Å²) in [5.41, 5.74) is 0. The number of urea groups is 1. The highest BCUT2D eigenvalue weighted by atomic mass is 16.4. The summed E-state index contributed by atoms with van der Waals surface area (Å²) in [6.45, 7) is 4.46. The van der Waals surface area contributed by atoms with Gasteiger partial charge in [0, 0.05) is 13.1 Å². The normalized spacial score (nSPS) is 9.67. The van der Waals surface area contributed by atoms with E-state index in [4.69, 9.17) is 5.11 Å². The molecule has 7 nitrogen and oxygen atoms in total. The van der Waals surface area contributed by atoms with Crippen LogP contribution in [0.25, 0.3) is 0 Å². The summed E-state index contributed by atoms with van der Waals surface area (Å²) in [5, 5.41) is 13.0. The van der Waals surface area contributed by atoms with Crippen molar-refractivity contribution in [2.45, 2.75) is 26.7 Å². The van der Waals surface area contributed by atoms with Crippen LogP contribution in [-0.4, -0.2) is 54.1 Å². The Labute approximate surface area is 107 Å². The van der Waals surface area contributed by atoms with Gasteiger partial charge >= 0.3 is 12.0 Å². The van der Waals surface area contributed by atoms with Gasteiger partial charge in [-0.15, -0.1) is 0 Å². The van der Waals surface area contributed by atoms with Crippen molar-refractivity contribution in [3.05, 3.63) is 0 Å². The van der Waals surface area contributed by atoms with Crippen LogP contribution in [0.4, 0.5) is 4.79 Å². The molecule has 0 aromatic carbocycles. The van der Waals surface area contributed by atoms with E-state index >= 15 is 0 Å². The predicted octanol–water partition coefficient (Wildman–Crippen LogP) is 0.0188. The molecular weight excluding hydrogens is 238 g/mol. The highest BCUT2D eigenvalue weighted by Gasteiger charge is 2.12. The van der Waals surface area contributed by atoms with Crippen LogP contribution >= 0.6 is 0 Å². The number of carboxylic acid groups (broad SMARTS) is 1. The molecule has 0 aliphatic rings. The Balaban J connectivity index is 3.91. The zero-order chi connectivity index (χ0) is 14.0. The standard InChI is InChI=1S/C11H21N3O4/c1-3-5-6-14(4-2)11(18)13-7-9(15)12-8-10(16)17/h3-8H2,1-2H3,(H,12,15)(H,13,18)(H,16,17). The molecule has 0 aliphatic carbocycles. The van der Waals surface area contributed by atoms with E-state index in [-0.39, 0.29) is 12.6 Å². The van der Waals surface area contributed by atoms with Gasteiger partial charge in [0.15, 0.2) is 0 Å². The number of carboxylic acids is 1. The van der Waals surface area contributed by atoms with Crippen LogP contribution in [0, 0.1) is 0 Å². The number of aliphatic carboxylic acids is 1. The van der Waals surface area contributed by atoms with Crippen molar-refractivity contribution in [1.82, 2.24) is 15.5 Å². The Kier molecular flexibility index (Phi) is 8.34. The molecule has 0 aliphatic heterocycles. The third-order valence-electron chi connectivity index (χ3n) is 2.29. The van der Waals surface area contributed by atoms with E-state index in [0.29, 0.717) is 13.1 Å². The first-order valence-corrected chi connectivity index (χ1v) is 6.02. The van der Waals surface area contributed by atoms with Gasteiger partial charge in [-0.1, -0.05) is 13.3 Å². The van der Waals surface area contributed by atoms with Crippen molar-refractivity contribution in [2.24, 2.45) is 0 Å². The topological polar surface area (TPSA) is 98.7 Å². The molecule has 0 radical (unpaired) electrons. The maximum absolute atomic E-state index is 11.6. The summed E-state index contributed by atoms with van der Waals surface area (Å²) in [5.74, 6) is -1.63. The predicted molar refractivity (Wildman–Crippen MR) is 66.2 cm³/mol. The Morgan fingerprint density at radius 2 is 1.78 bits per heavy atom. The molecule has 3 N–H and O–H groups in total. The zero-order valence-electron chi connectivity index (χ0n) is 10.9. The molecule has 0 aromatic rings. The van der Waals surface area contributed by atoms with Crippen molar-refractivity contribution in [1.29, 1.82) is 0 Å². The molecule has 0 fully saturated rings. The number of carbonyl (C=O) groups excluding carboxylic acids is 2. The lowest BCUT2D eigenvalue weighted by atomic mass is 10.3. The molecule has 104 valence electrons. The first-order valence-electron chi connectivity index (χ1n) is 6.02. The van der Waals surface area contributed by atoms with Crippen molar-refractivity contribution in [3.63, 3.8) is 0 Å². The molecule has 0 rings (SSSR count). The average Bonchev–Trinajstić information content (AvgIpc) is 2.34. The summed E-state index contributed by atoms with van der Waals surface area (Å²) in [6, 6.07) is -0.309. The van der Waals surface area contributed by atoms with Crippen LogP contribution in [0.3, 0.4) is 0 Å². The van der Waals surface area contributed by atoms with E-state index in [1.54, 1.807) is 4.90 Å². The van der Waals surface area contributed by atoms with E-state index in [2.05, 4.69) is 10.6 Å². The summed E-state index contributed by atoms with van der Waals surface area (Å²) in [4.78, 5) is 34.6. The molecule has 0 atom stereocenters. The Morgan fingerprint density at radius 3 is 2.28 bits per heavy atom. The Hall–Kier alpha value is -1.79. The van der Waals surface area contributed by atoms with E-state index in [9.17, 15) is 14.4 Å². The molecule has 18 heavy (non-hydrogen) atoms. The maximum Gasteiger partial charge on any atom is 0.322 e. The lowest BCUT2D eigenvalue weighted by molar-refractivity contribution is -0.137. The molecule has 0 saturated carbocycles. The van der Waals surface area contributed by atoms with Gasteiger partial charge in [-0.25, -0.2) is 4.79 Å². The van der Waals surface area contributed by atoms with Crippen LogP contribution in [-0.2, 0) is 9.59 Å². The van der Waals surface area contributed by atoms with Crippen LogP contribution in [0.15, 0.2) is 0 Å². The van der Waals surface area contributed by atoms with Crippen LogP contribution in [0.1, 0.15) is 26.7 Å². The van der Waals surface area contributed by atoms with Gasteiger partial charge in [-0.2, -0.15) is 0 Å². The minimum absolute atomic E-state index is 0.214. The maximum atomic E-state index is 11.6.